The number of rotatable bonds is 7. The summed E-state index contributed by atoms with van der Waals surface area (Å²) in [5.41, 5.74) is 1.01. The van der Waals surface area contributed by atoms with Crippen LogP contribution in [0.4, 0.5) is 5.82 Å². The van der Waals surface area contributed by atoms with Crippen LogP contribution in [0.3, 0.4) is 0 Å². The zero-order valence-electron chi connectivity index (χ0n) is 15.1. The summed E-state index contributed by atoms with van der Waals surface area (Å²) in [5.74, 6) is 2.36. The Hall–Kier alpha value is -2.41. The Bertz CT molecular complexity index is 695. The summed E-state index contributed by atoms with van der Waals surface area (Å²) < 4.78 is 11.6. The fourth-order valence-corrected chi connectivity index (χ4v) is 2.89. The maximum atomic E-state index is 6.15. The number of hydrogen-bond acceptors (Lipinski definition) is 7. The molecule has 3 rings (SSSR count). The van der Waals surface area contributed by atoms with Crippen LogP contribution in [-0.4, -0.2) is 59.7 Å². The van der Waals surface area contributed by atoms with E-state index < -0.39 is 0 Å². The molecule has 1 unspecified atom stereocenters. The van der Waals surface area contributed by atoms with Crippen molar-refractivity contribution in [3.8, 4) is 11.6 Å². The molecule has 2 aromatic rings. The van der Waals surface area contributed by atoms with Gasteiger partial charge < -0.3 is 19.3 Å². The fourth-order valence-electron chi connectivity index (χ4n) is 2.89. The second-order valence-corrected chi connectivity index (χ2v) is 6.34. The average Bonchev–Trinajstić information content (AvgIpc) is 3.04. The minimum atomic E-state index is 0.139. The van der Waals surface area contributed by atoms with E-state index >= 15 is 0 Å². The van der Waals surface area contributed by atoms with Crippen LogP contribution < -0.4 is 14.4 Å². The largest absolute Gasteiger partial charge is 0.488 e. The van der Waals surface area contributed by atoms with Crippen LogP contribution in [0.15, 0.2) is 30.7 Å². The van der Waals surface area contributed by atoms with E-state index in [1.54, 1.807) is 12.5 Å². The van der Waals surface area contributed by atoms with Crippen molar-refractivity contribution >= 4 is 5.82 Å². The van der Waals surface area contributed by atoms with Gasteiger partial charge in [0.25, 0.3) is 0 Å². The Morgan fingerprint density at radius 2 is 2.12 bits per heavy atom. The molecule has 3 heterocycles. The van der Waals surface area contributed by atoms with Gasteiger partial charge in [0, 0.05) is 37.8 Å². The van der Waals surface area contributed by atoms with Crippen molar-refractivity contribution in [2.24, 2.45) is 0 Å². The van der Waals surface area contributed by atoms with E-state index in [0.717, 1.165) is 43.3 Å². The lowest BCUT2D eigenvalue weighted by molar-refractivity contribution is 0.224. The highest BCUT2D eigenvalue weighted by Crippen LogP contribution is 2.24. The molecule has 1 atom stereocenters. The molecule has 1 aliphatic heterocycles. The van der Waals surface area contributed by atoms with Crippen LogP contribution in [0, 0.1) is 0 Å². The zero-order chi connectivity index (χ0) is 17.6. The molecule has 25 heavy (non-hydrogen) atoms. The molecule has 0 saturated carbocycles. The minimum Gasteiger partial charge on any atom is -0.488 e. The van der Waals surface area contributed by atoms with Crippen LogP contribution in [0.1, 0.15) is 19.0 Å². The first-order valence-electron chi connectivity index (χ1n) is 8.60. The van der Waals surface area contributed by atoms with Crippen molar-refractivity contribution in [3.63, 3.8) is 0 Å². The molecule has 7 heteroatoms. The van der Waals surface area contributed by atoms with Crippen molar-refractivity contribution in [1.82, 2.24) is 19.9 Å². The lowest BCUT2D eigenvalue weighted by Crippen LogP contribution is -2.25. The molecule has 0 spiro atoms. The topological polar surface area (TPSA) is 63.6 Å². The highest BCUT2D eigenvalue weighted by Gasteiger charge is 2.25. The molecule has 0 amide bonds. The normalized spacial score (nSPS) is 17.1. The van der Waals surface area contributed by atoms with Gasteiger partial charge in [-0.2, -0.15) is 0 Å². The van der Waals surface area contributed by atoms with Gasteiger partial charge in [0.15, 0.2) is 0 Å². The first kappa shape index (κ1) is 17.4. The molecule has 1 aliphatic rings. The van der Waals surface area contributed by atoms with Gasteiger partial charge in [-0.1, -0.05) is 0 Å². The summed E-state index contributed by atoms with van der Waals surface area (Å²) in [6.07, 6.45) is 4.45. The summed E-state index contributed by atoms with van der Waals surface area (Å²) in [6, 6.07) is 5.81. The van der Waals surface area contributed by atoms with E-state index in [0.29, 0.717) is 12.5 Å². The molecular weight excluding hydrogens is 318 g/mol. The molecule has 2 aromatic heterocycles. The van der Waals surface area contributed by atoms with E-state index in [1.165, 1.54) is 0 Å². The Labute approximate surface area is 148 Å². The summed E-state index contributed by atoms with van der Waals surface area (Å²) in [5, 5.41) is 0. The van der Waals surface area contributed by atoms with Crippen molar-refractivity contribution in [2.45, 2.75) is 26.0 Å². The lowest BCUT2D eigenvalue weighted by Gasteiger charge is -2.18. The van der Waals surface area contributed by atoms with Crippen molar-refractivity contribution in [2.75, 3.05) is 38.7 Å². The Morgan fingerprint density at radius 3 is 2.92 bits per heavy atom. The SMILES string of the molecule is CCOc1cc(N2CCC(Oc3ccnc(CN(C)C)c3)C2)ncn1. The average molecular weight is 343 g/mol. The maximum Gasteiger partial charge on any atom is 0.218 e. The van der Waals surface area contributed by atoms with E-state index in [-0.39, 0.29) is 6.10 Å². The Morgan fingerprint density at radius 1 is 1.24 bits per heavy atom. The number of ether oxygens (including phenoxy) is 2. The third-order valence-corrected chi connectivity index (χ3v) is 3.96. The van der Waals surface area contributed by atoms with Crippen LogP contribution in [0.5, 0.6) is 11.6 Å². The highest BCUT2D eigenvalue weighted by atomic mass is 16.5. The molecule has 1 saturated heterocycles. The number of anilines is 1. The van der Waals surface area contributed by atoms with Gasteiger partial charge in [-0.05, 0) is 27.1 Å². The van der Waals surface area contributed by atoms with Gasteiger partial charge in [0.05, 0.1) is 18.8 Å². The van der Waals surface area contributed by atoms with E-state index in [2.05, 4.69) is 24.8 Å². The second kappa shape index (κ2) is 8.11. The first-order valence-corrected chi connectivity index (χ1v) is 8.60. The summed E-state index contributed by atoms with van der Waals surface area (Å²) in [4.78, 5) is 17.2. The van der Waals surface area contributed by atoms with Crippen LogP contribution >= 0.6 is 0 Å². The maximum absolute atomic E-state index is 6.15. The van der Waals surface area contributed by atoms with Crippen molar-refractivity contribution in [3.05, 3.63) is 36.4 Å². The summed E-state index contributed by atoms with van der Waals surface area (Å²) >= 11 is 0. The smallest absolute Gasteiger partial charge is 0.218 e. The lowest BCUT2D eigenvalue weighted by atomic mass is 10.3. The van der Waals surface area contributed by atoms with Crippen molar-refractivity contribution in [1.29, 1.82) is 0 Å². The molecule has 0 bridgehead atoms. The monoisotopic (exact) mass is 343 g/mol. The first-order chi connectivity index (χ1) is 12.1. The second-order valence-electron chi connectivity index (χ2n) is 6.34. The molecule has 7 nitrogen and oxygen atoms in total. The number of nitrogens with zero attached hydrogens (tertiary/aromatic N) is 5. The van der Waals surface area contributed by atoms with Gasteiger partial charge in [-0.15, -0.1) is 0 Å². The Kier molecular flexibility index (Phi) is 5.65. The van der Waals surface area contributed by atoms with Gasteiger partial charge in [-0.3, -0.25) is 4.98 Å². The molecule has 1 fully saturated rings. The predicted molar refractivity (Wildman–Crippen MR) is 96.1 cm³/mol. The van der Waals surface area contributed by atoms with E-state index in [1.807, 2.05) is 39.2 Å². The summed E-state index contributed by atoms with van der Waals surface area (Å²) in [6.45, 7) is 5.05. The van der Waals surface area contributed by atoms with Gasteiger partial charge in [0.1, 0.15) is 24.0 Å². The summed E-state index contributed by atoms with van der Waals surface area (Å²) in [7, 11) is 4.06. The molecular formula is C18H25N5O2. The molecule has 0 N–H and O–H groups in total. The van der Waals surface area contributed by atoms with Crippen LogP contribution in [-0.2, 0) is 6.54 Å². The molecule has 0 radical (unpaired) electrons. The number of hydrogen-bond donors (Lipinski definition) is 0. The molecule has 0 aromatic carbocycles. The third kappa shape index (κ3) is 4.79. The van der Waals surface area contributed by atoms with Crippen LogP contribution in [0.2, 0.25) is 0 Å². The standard InChI is InChI=1S/C18H25N5O2/c1-4-24-18-10-17(20-13-21-18)23-8-6-16(12-23)25-15-5-7-19-14(9-15)11-22(2)3/h5,7,9-10,13,16H,4,6,8,11-12H2,1-3H3. The predicted octanol–water partition coefficient (Wildman–Crippen LogP) is 1.99. The van der Waals surface area contributed by atoms with Gasteiger partial charge in [-0.25, -0.2) is 9.97 Å². The zero-order valence-corrected chi connectivity index (χ0v) is 15.1. The van der Waals surface area contributed by atoms with Crippen LogP contribution in [0.25, 0.3) is 0 Å². The Balaban J connectivity index is 1.60. The quantitative estimate of drug-likeness (QED) is 0.762. The number of pyridine rings is 1. The molecule has 0 aliphatic carbocycles. The minimum absolute atomic E-state index is 0.139. The highest BCUT2D eigenvalue weighted by molar-refractivity contribution is 5.42. The van der Waals surface area contributed by atoms with E-state index in [4.69, 9.17) is 9.47 Å². The van der Waals surface area contributed by atoms with Gasteiger partial charge >= 0.3 is 0 Å². The third-order valence-electron chi connectivity index (χ3n) is 3.96. The van der Waals surface area contributed by atoms with Crippen molar-refractivity contribution < 1.29 is 9.47 Å². The number of aromatic nitrogens is 3. The fraction of sp³-hybridized carbons (Fsp3) is 0.500. The molecule has 134 valence electrons. The van der Waals surface area contributed by atoms with Gasteiger partial charge in [0.2, 0.25) is 5.88 Å². The van der Waals surface area contributed by atoms with E-state index in [9.17, 15) is 0 Å².